The van der Waals surface area contributed by atoms with Gasteiger partial charge < -0.3 is 4.74 Å². The highest BCUT2D eigenvalue weighted by Crippen LogP contribution is 2.22. The lowest BCUT2D eigenvalue weighted by molar-refractivity contribution is 0.0953. The standard InChI is InChI=1S/C19H17N3O2/c1-24-18-13-12-15(14-20-18)19(23)21-22(16-8-4-2-5-9-16)17-10-6-3-7-11-17/h2-14H,1H3,(H,21,23). The van der Waals surface area contributed by atoms with E-state index in [9.17, 15) is 4.79 Å². The van der Waals surface area contributed by atoms with Crippen LogP contribution in [-0.4, -0.2) is 18.0 Å². The lowest BCUT2D eigenvalue weighted by Crippen LogP contribution is -2.38. The summed E-state index contributed by atoms with van der Waals surface area (Å²) in [5.41, 5.74) is 5.09. The van der Waals surface area contributed by atoms with Crippen molar-refractivity contribution < 1.29 is 9.53 Å². The van der Waals surface area contributed by atoms with Crippen molar-refractivity contribution in [3.8, 4) is 5.88 Å². The van der Waals surface area contributed by atoms with E-state index in [2.05, 4.69) is 10.4 Å². The second-order valence-corrected chi connectivity index (χ2v) is 5.04. The molecule has 0 fully saturated rings. The zero-order valence-corrected chi connectivity index (χ0v) is 13.2. The molecule has 1 amide bonds. The summed E-state index contributed by atoms with van der Waals surface area (Å²) in [5, 5.41) is 1.74. The summed E-state index contributed by atoms with van der Waals surface area (Å²) in [5.74, 6) is 0.215. The Hall–Kier alpha value is -3.34. The molecular formula is C19H17N3O2. The predicted octanol–water partition coefficient (Wildman–Crippen LogP) is 3.57. The maximum Gasteiger partial charge on any atom is 0.271 e. The molecule has 0 radical (unpaired) electrons. The van der Waals surface area contributed by atoms with E-state index in [4.69, 9.17) is 4.74 Å². The van der Waals surface area contributed by atoms with E-state index >= 15 is 0 Å². The van der Waals surface area contributed by atoms with Crippen LogP contribution in [0.5, 0.6) is 5.88 Å². The van der Waals surface area contributed by atoms with E-state index in [1.165, 1.54) is 13.3 Å². The Morgan fingerprint density at radius 1 is 0.917 bits per heavy atom. The summed E-state index contributed by atoms with van der Waals surface area (Å²) in [6.07, 6.45) is 1.49. The summed E-state index contributed by atoms with van der Waals surface area (Å²) in [4.78, 5) is 16.6. The first-order chi connectivity index (χ1) is 11.8. The van der Waals surface area contributed by atoms with Crippen molar-refractivity contribution in [2.45, 2.75) is 0 Å². The van der Waals surface area contributed by atoms with Crippen LogP contribution in [0.25, 0.3) is 0 Å². The number of rotatable bonds is 5. The van der Waals surface area contributed by atoms with Crippen molar-refractivity contribution in [2.75, 3.05) is 12.1 Å². The fraction of sp³-hybridized carbons (Fsp3) is 0.0526. The Kier molecular flexibility index (Phi) is 4.72. The summed E-state index contributed by atoms with van der Waals surface area (Å²) in [6.45, 7) is 0. The zero-order valence-electron chi connectivity index (χ0n) is 13.2. The van der Waals surface area contributed by atoms with E-state index in [1.54, 1.807) is 17.1 Å². The van der Waals surface area contributed by atoms with Crippen molar-refractivity contribution >= 4 is 17.3 Å². The van der Waals surface area contributed by atoms with Crippen molar-refractivity contribution in [3.63, 3.8) is 0 Å². The van der Waals surface area contributed by atoms with Gasteiger partial charge in [0.15, 0.2) is 0 Å². The smallest absolute Gasteiger partial charge is 0.271 e. The van der Waals surface area contributed by atoms with E-state index in [0.29, 0.717) is 11.4 Å². The second-order valence-electron chi connectivity index (χ2n) is 5.04. The monoisotopic (exact) mass is 319 g/mol. The highest BCUT2D eigenvalue weighted by Gasteiger charge is 2.14. The molecule has 3 rings (SSSR count). The van der Waals surface area contributed by atoms with Gasteiger partial charge in [0.2, 0.25) is 5.88 Å². The lowest BCUT2D eigenvalue weighted by Gasteiger charge is -2.25. The van der Waals surface area contributed by atoms with Gasteiger partial charge in [-0.1, -0.05) is 36.4 Å². The third kappa shape index (κ3) is 3.52. The number of pyridine rings is 1. The topological polar surface area (TPSA) is 54.5 Å². The largest absolute Gasteiger partial charge is 0.481 e. The van der Waals surface area contributed by atoms with Crippen molar-refractivity contribution in [1.82, 2.24) is 10.4 Å². The lowest BCUT2D eigenvalue weighted by atomic mass is 10.2. The van der Waals surface area contributed by atoms with Crippen LogP contribution in [0.2, 0.25) is 0 Å². The summed E-state index contributed by atoms with van der Waals surface area (Å²) in [7, 11) is 1.54. The van der Waals surface area contributed by atoms with Crippen LogP contribution in [0.4, 0.5) is 11.4 Å². The quantitative estimate of drug-likeness (QED) is 0.730. The second kappa shape index (κ2) is 7.28. The van der Waals surface area contributed by atoms with Gasteiger partial charge in [0, 0.05) is 12.3 Å². The molecule has 0 unspecified atom stereocenters. The molecule has 5 heteroatoms. The number of amides is 1. The van der Waals surface area contributed by atoms with Gasteiger partial charge in [0.25, 0.3) is 5.91 Å². The third-order valence-electron chi connectivity index (χ3n) is 3.45. The summed E-state index contributed by atoms with van der Waals surface area (Å²) in [6, 6.07) is 22.6. The molecule has 24 heavy (non-hydrogen) atoms. The summed E-state index contributed by atoms with van der Waals surface area (Å²) < 4.78 is 5.02. The van der Waals surface area contributed by atoms with Crippen LogP contribution in [0.1, 0.15) is 10.4 Å². The Labute approximate surface area is 140 Å². The van der Waals surface area contributed by atoms with Gasteiger partial charge in [0.1, 0.15) is 0 Å². The van der Waals surface area contributed by atoms with Crippen LogP contribution < -0.4 is 15.2 Å². The van der Waals surface area contributed by atoms with Gasteiger partial charge in [-0.2, -0.15) is 0 Å². The Bertz CT molecular complexity index is 750. The molecule has 1 aromatic heterocycles. The minimum Gasteiger partial charge on any atom is -0.481 e. The molecule has 0 saturated carbocycles. The maximum absolute atomic E-state index is 12.6. The fourth-order valence-electron chi connectivity index (χ4n) is 2.23. The van der Waals surface area contributed by atoms with Crippen molar-refractivity contribution in [3.05, 3.63) is 84.6 Å². The van der Waals surface area contributed by atoms with Crippen LogP contribution in [0.3, 0.4) is 0 Å². The first-order valence-electron chi connectivity index (χ1n) is 7.49. The van der Waals surface area contributed by atoms with Gasteiger partial charge in [-0.3, -0.25) is 15.2 Å². The number of hydrogen-bond donors (Lipinski definition) is 1. The van der Waals surface area contributed by atoms with Gasteiger partial charge in [0.05, 0.1) is 24.0 Å². The number of aromatic nitrogens is 1. The number of hydrogen-bond acceptors (Lipinski definition) is 4. The molecule has 5 nitrogen and oxygen atoms in total. The molecule has 0 aliphatic rings. The number of anilines is 2. The van der Waals surface area contributed by atoms with Crippen LogP contribution in [-0.2, 0) is 0 Å². The molecule has 120 valence electrons. The Balaban J connectivity index is 1.87. The van der Waals surface area contributed by atoms with E-state index < -0.39 is 0 Å². The molecule has 3 aromatic rings. The number of carbonyl (C=O) groups excluding carboxylic acids is 1. The van der Waals surface area contributed by atoms with Gasteiger partial charge in [-0.05, 0) is 30.3 Å². The number of nitrogens with zero attached hydrogens (tertiary/aromatic N) is 2. The fourth-order valence-corrected chi connectivity index (χ4v) is 2.23. The number of ether oxygens (including phenoxy) is 1. The molecule has 1 heterocycles. The number of carbonyl (C=O) groups is 1. The number of methoxy groups -OCH3 is 1. The first-order valence-corrected chi connectivity index (χ1v) is 7.49. The highest BCUT2D eigenvalue weighted by molar-refractivity contribution is 5.95. The van der Waals surface area contributed by atoms with E-state index in [-0.39, 0.29) is 5.91 Å². The van der Waals surface area contributed by atoms with Crippen molar-refractivity contribution in [2.24, 2.45) is 0 Å². The average Bonchev–Trinajstić information content (AvgIpc) is 2.67. The SMILES string of the molecule is COc1ccc(C(=O)NN(c2ccccc2)c2ccccc2)cn1. The number of hydrazine groups is 1. The number of para-hydroxylation sites is 2. The summed E-state index contributed by atoms with van der Waals surface area (Å²) >= 11 is 0. The normalized spacial score (nSPS) is 10.0. The molecule has 0 spiro atoms. The van der Waals surface area contributed by atoms with Crippen LogP contribution in [0, 0.1) is 0 Å². The van der Waals surface area contributed by atoms with E-state index in [1.807, 2.05) is 60.7 Å². The van der Waals surface area contributed by atoms with Gasteiger partial charge in [-0.25, -0.2) is 4.98 Å². The molecule has 2 aromatic carbocycles. The average molecular weight is 319 g/mol. The molecule has 0 saturated heterocycles. The minimum absolute atomic E-state index is 0.252. The predicted molar refractivity (Wildman–Crippen MR) is 93.3 cm³/mol. The molecule has 1 N–H and O–H groups in total. The Morgan fingerprint density at radius 3 is 1.96 bits per heavy atom. The number of benzene rings is 2. The highest BCUT2D eigenvalue weighted by atomic mass is 16.5. The Morgan fingerprint density at radius 2 is 1.50 bits per heavy atom. The van der Waals surface area contributed by atoms with Crippen LogP contribution >= 0.6 is 0 Å². The zero-order chi connectivity index (χ0) is 16.8. The number of nitrogens with one attached hydrogen (secondary N) is 1. The molecular weight excluding hydrogens is 302 g/mol. The minimum atomic E-state index is -0.252. The maximum atomic E-state index is 12.6. The first kappa shape index (κ1) is 15.6. The van der Waals surface area contributed by atoms with Crippen molar-refractivity contribution in [1.29, 1.82) is 0 Å². The third-order valence-corrected chi connectivity index (χ3v) is 3.45. The molecule has 0 aliphatic carbocycles. The van der Waals surface area contributed by atoms with Gasteiger partial charge >= 0.3 is 0 Å². The van der Waals surface area contributed by atoms with E-state index in [0.717, 1.165) is 11.4 Å². The molecule has 0 atom stereocenters. The van der Waals surface area contributed by atoms with Gasteiger partial charge in [-0.15, -0.1) is 0 Å². The molecule has 0 bridgehead atoms. The molecule has 0 aliphatic heterocycles. The van der Waals surface area contributed by atoms with Crippen LogP contribution in [0.15, 0.2) is 79.0 Å².